The van der Waals surface area contributed by atoms with Crippen LogP contribution in [0.3, 0.4) is 0 Å². The number of aliphatic hydroxyl groups is 2. The van der Waals surface area contributed by atoms with Gasteiger partial charge in [-0.1, -0.05) is 66.2 Å². The smallest absolute Gasteiger partial charge is 0.0545 e. The number of hydrogen-bond acceptors (Lipinski definition) is 2. The molecule has 0 fully saturated rings. The summed E-state index contributed by atoms with van der Waals surface area (Å²) in [4.78, 5) is 0. The van der Waals surface area contributed by atoms with Crippen LogP contribution in [0, 0.1) is 5.41 Å². The summed E-state index contributed by atoms with van der Waals surface area (Å²) in [5.74, 6) is 0. The minimum absolute atomic E-state index is 0.188. The van der Waals surface area contributed by atoms with Gasteiger partial charge >= 0.3 is 0 Å². The first kappa shape index (κ1) is 22.9. The molecule has 0 saturated carbocycles. The normalized spacial score (nSPS) is 14.9. The Kier molecular flexibility index (Phi) is 14.2. The average Bonchev–Trinajstić information content (AvgIpc) is 2.55. The van der Waals surface area contributed by atoms with E-state index in [1.807, 2.05) is 6.92 Å². The molecular formula is C21H44O2. The Morgan fingerprint density at radius 3 is 1.48 bits per heavy atom. The van der Waals surface area contributed by atoms with Gasteiger partial charge in [0, 0.05) is 0 Å². The summed E-state index contributed by atoms with van der Waals surface area (Å²) in [5, 5.41) is 20.3. The van der Waals surface area contributed by atoms with Crippen molar-refractivity contribution in [1.82, 2.24) is 0 Å². The Bertz CT molecular complexity index is 230. The van der Waals surface area contributed by atoms with E-state index in [0.717, 1.165) is 32.1 Å². The van der Waals surface area contributed by atoms with E-state index in [2.05, 4.69) is 20.8 Å². The molecule has 0 aliphatic rings. The van der Waals surface area contributed by atoms with Crippen LogP contribution in [0.4, 0.5) is 0 Å². The molecule has 0 bridgehead atoms. The Hall–Kier alpha value is -0.0800. The molecule has 0 rings (SSSR count). The van der Waals surface area contributed by atoms with Crippen molar-refractivity contribution in [3.63, 3.8) is 0 Å². The van der Waals surface area contributed by atoms with Crippen LogP contribution in [0.5, 0.6) is 0 Å². The van der Waals surface area contributed by atoms with Crippen molar-refractivity contribution in [3.8, 4) is 0 Å². The SMILES string of the molecule is CCCCC(CCCC)(CCCC)CC(O)CCCC(O)CC. The van der Waals surface area contributed by atoms with E-state index in [1.165, 1.54) is 57.8 Å². The zero-order valence-electron chi connectivity index (χ0n) is 16.4. The lowest BCUT2D eigenvalue weighted by molar-refractivity contribution is 0.0617. The van der Waals surface area contributed by atoms with Crippen molar-refractivity contribution in [2.75, 3.05) is 0 Å². The maximum absolute atomic E-state index is 10.6. The third-order valence-electron chi connectivity index (χ3n) is 5.40. The quantitative estimate of drug-likeness (QED) is 0.352. The summed E-state index contributed by atoms with van der Waals surface area (Å²) in [6, 6.07) is 0. The molecule has 2 nitrogen and oxygen atoms in total. The zero-order chi connectivity index (χ0) is 17.6. The molecule has 140 valence electrons. The number of aliphatic hydroxyl groups excluding tert-OH is 2. The van der Waals surface area contributed by atoms with Gasteiger partial charge in [-0.3, -0.25) is 0 Å². The molecule has 0 radical (unpaired) electrons. The Morgan fingerprint density at radius 2 is 1.09 bits per heavy atom. The van der Waals surface area contributed by atoms with Gasteiger partial charge in [0.2, 0.25) is 0 Å². The number of unbranched alkanes of at least 4 members (excludes halogenated alkanes) is 3. The Balaban J connectivity index is 4.59. The molecule has 0 aliphatic heterocycles. The molecular weight excluding hydrogens is 284 g/mol. The first-order chi connectivity index (χ1) is 11.0. The van der Waals surface area contributed by atoms with Crippen molar-refractivity contribution in [2.45, 2.75) is 130 Å². The Morgan fingerprint density at radius 1 is 0.652 bits per heavy atom. The van der Waals surface area contributed by atoms with Gasteiger partial charge in [-0.25, -0.2) is 0 Å². The summed E-state index contributed by atoms with van der Waals surface area (Å²) >= 11 is 0. The van der Waals surface area contributed by atoms with E-state index in [1.54, 1.807) is 0 Å². The van der Waals surface area contributed by atoms with E-state index in [0.29, 0.717) is 5.41 Å². The second kappa shape index (κ2) is 14.3. The van der Waals surface area contributed by atoms with Crippen LogP contribution in [-0.2, 0) is 0 Å². The van der Waals surface area contributed by atoms with Gasteiger partial charge in [-0.05, 0) is 56.8 Å². The summed E-state index contributed by atoms with van der Waals surface area (Å²) < 4.78 is 0. The van der Waals surface area contributed by atoms with Gasteiger partial charge in [-0.2, -0.15) is 0 Å². The van der Waals surface area contributed by atoms with Gasteiger partial charge in [-0.15, -0.1) is 0 Å². The molecule has 0 saturated heterocycles. The van der Waals surface area contributed by atoms with E-state index < -0.39 is 0 Å². The highest BCUT2D eigenvalue weighted by Gasteiger charge is 2.30. The van der Waals surface area contributed by atoms with Crippen molar-refractivity contribution in [1.29, 1.82) is 0 Å². The zero-order valence-corrected chi connectivity index (χ0v) is 16.4. The molecule has 0 spiro atoms. The fraction of sp³-hybridized carbons (Fsp3) is 1.00. The molecule has 2 N–H and O–H groups in total. The van der Waals surface area contributed by atoms with Crippen LogP contribution in [0.1, 0.15) is 118 Å². The molecule has 2 unspecified atom stereocenters. The van der Waals surface area contributed by atoms with Crippen molar-refractivity contribution in [2.24, 2.45) is 5.41 Å². The summed E-state index contributed by atoms with van der Waals surface area (Å²) in [6.07, 6.45) is 15.5. The van der Waals surface area contributed by atoms with Crippen LogP contribution in [0.2, 0.25) is 0 Å². The highest BCUT2D eigenvalue weighted by Crippen LogP contribution is 2.41. The molecule has 23 heavy (non-hydrogen) atoms. The molecule has 2 atom stereocenters. The van der Waals surface area contributed by atoms with Crippen molar-refractivity contribution in [3.05, 3.63) is 0 Å². The Labute approximate surface area is 146 Å². The van der Waals surface area contributed by atoms with Crippen LogP contribution < -0.4 is 0 Å². The lowest BCUT2D eigenvalue weighted by Crippen LogP contribution is -2.27. The standard InChI is InChI=1S/C21H44O2/c1-5-9-15-21(16-10-6-2,17-11-7-3)18-20(23)14-12-13-19(22)8-4/h19-20,22-23H,5-18H2,1-4H3. The molecule has 0 amide bonds. The molecule has 0 aromatic rings. The van der Waals surface area contributed by atoms with E-state index in [9.17, 15) is 10.2 Å². The lowest BCUT2D eigenvalue weighted by Gasteiger charge is -2.36. The largest absolute Gasteiger partial charge is 0.393 e. The summed E-state index contributed by atoms with van der Waals surface area (Å²) in [7, 11) is 0. The maximum atomic E-state index is 10.6. The summed E-state index contributed by atoms with van der Waals surface area (Å²) in [5.41, 5.74) is 0.352. The molecule has 0 aliphatic carbocycles. The fourth-order valence-corrected chi connectivity index (χ4v) is 3.73. The third kappa shape index (κ3) is 11.2. The predicted octanol–water partition coefficient (Wildman–Crippen LogP) is 6.24. The topological polar surface area (TPSA) is 40.5 Å². The van der Waals surface area contributed by atoms with Crippen molar-refractivity contribution >= 4 is 0 Å². The average molecular weight is 329 g/mol. The first-order valence-corrected chi connectivity index (χ1v) is 10.4. The number of hydrogen-bond donors (Lipinski definition) is 2. The van der Waals surface area contributed by atoms with E-state index in [-0.39, 0.29) is 12.2 Å². The van der Waals surface area contributed by atoms with Gasteiger partial charge < -0.3 is 10.2 Å². The van der Waals surface area contributed by atoms with E-state index in [4.69, 9.17) is 0 Å². The highest BCUT2D eigenvalue weighted by molar-refractivity contribution is 4.82. The van der Waals surface area contributed by atoms with Gasteiger partial charge in [0.15, 0.2) is 0 Å². The second-order valence-corrected chi connectivity index (χ2v) is 7.66. The van der Waals surface area contributed by atoms with Crippen LogP contribution in [0.15, 0.2) is 0 Å². The fourth-order valence-electron chi connectivity index (χ4n) is 3.73. The van der Waals surface area contributed by atoms with Crippen LogP contribution in [0.25, 0.3) is 0 Å². The second-order valence-electron chi connectivity index (χ2n) is 7.66. The highest BCUT2D eigenvalue weighted by atomic mass is 16.3. The van der Waals surface area contributed by atoms with Crippen LogP contribution in [-0.4, -0.2) is 22.4 Å². The van der Waals surface area contributed by atoms with E-state index >= 15 is 0 Å². The molecule has 0 aromatic heterocycles. The molecule has 0 heterocycles. The maximum Gasteiger partial charge on any atom is 0.0545 e. The number of rotatable bonds is 16. The van der Waals surface area contributed by atoms with Gasteiger partial charge in [0.1, 0.15) is 0 Å². The minimum atomic E-state index is -0.190. The van der Waals surface area contributed by atoms with Gasteiger partial charge in [0.05, 0.1) is 12.2 Å². The van der Waals surface area contributed by atoms with Crippen molar-refractivity contribution < 1.29 is 10.2 Å². The minimum Gasteiger partial charge on any atom is -0.393 e. The lowest BCUT2D eigenvalue weighted by atomic mass is 9.70. The third-order valence-corrected chi connectivity index (χ3v) is 5.40. The van der Waals surface area contributed by atoms with Gasteiger partial charge in [0.25, 0.3) is 0 Å². The monoisotopic (exact) mass is 328 g/mol. The molecule has 2 heteroatoms. The molecule has 0 aromatic carbocycles. The predicted molar refractivity (Wildman–Crippen MR) is 102 cm³/mol. The van der Waals surface area contributed by atoms with Crippen LogP contribution >= 0.6 is 0 Å². The summed E-state index contributed by atoms with van der Waals surface area (Å²) in [6.45, 7) is 8.83. The first-order valence-electron chi connectivity index (χ1n) is 10.4.